The zero-order chi connectivity index (χ0) is 15.2. The first-order valence-electron chi connectivity index (χ1n) is 8.19. The van der Waals surface area contributed by atoms with Gasteiger partial charge in [0.1, 0.15) is 0 Å². The topological polar surface area (TPSA) is 41.1 Å². The number of carbonyl (C=O) groups excluding carboxylic acids is 1. The number of hydrogen-bond donors (Lipinski definition) is 2. The van der Waals surface area contributed by atoms with Gasteiger partial charge in [0, 0.05) is 12.1 Å². The average molecular weight is 288 g/mol. The molecule has 21 heavy (non-hydrogen) atoms. The lowest BCUT2D eigenvalue weighted by atomic mass is 9.95. The van der Waals surface area contributed by atoms with E-state index in [2.05, 4.69) is 48.7 Å². The Morgan fingerprint density at radius 3 is 2.33 bits per heavy atom. The van der Waals surface area contributed by atoms with Gasteiger partial charge in [-0.15, -0.1) is 0 Å². The quantitative estimate of drug-likeness (QED) is 0.871. The predicted octanol–water partition coefficient (Wildman–Crippen LogP) is 3.48. The summed E-state index contributed by atoms with van der Waals surface area (Å²) in [4.78, 5) is 12.3. The molecule has 2 rings (SSSR count). The first-order valence-corrected chi connectivity index (χ1v) is 8.19. The fourth-order valence-electron chi connectivity index (χ4n) is 2.98. The van der Waals surface area contributed by atoms with Crippen LogP contribution < -0.4 is 10.6 Å². The van der Waals surface area contributed by atoms with E-state index in [0.717, 1.165) is 12.8 Å². The molecule has 2 atom stereocenters. The van der Waals surface area contributed by atoms with Gasteiger partial charge in [0.2, 0.25) is 5.91 Å². The number of hydrogen-bond acceptors (Lipinski definition) is 2. The first-order chi connectivity index (χ1) is 10.1. The van der Waals surface area contributed by atoms with Crippen molar-refractivity contribution in [2.45, 2.75) is 71.0 Å². The van der Waals surface area contributed by atoms with E-state index in [1.165, 1.54) is 30.4 Å². The second-order valence-electron chi connectivity index (χ2n) is 6.36. The summed E-state index contributed by atoms with van der Waals surface area (Å²) in [5.41, 5.74) is 2.48. The normalized spacial score (nSPS) is 19.0. The molecule has 0 radical (unpaired) electrons. The van der Waals surface area contributed by atoms with Crippen LogP contribution in [0.4, 0.5) is 0 Å². The van der Waals surface area contributed by atoms with E-state index in [1.54, 1.807) is 0 Å². The number of carbonyl (C=O) groups is 1. The molecule has 1 aromatic rings. The number of rotatable bonds is 5. The summed E-state index contributed by atoms with van der Waals surface area (Å²) in [6.45, 7) is 6.14. The Bertz CT molecular complexity index is 449. The zero-order valence-electron chi connectivity index (χ0n) is 13.5. The van der Waals surface area contributed by atoms with Crippen molar-refractivity contribution < 1.29 is 4.79 Å². The molecule has 0 aromatic heterocycles. The summed E-state index contributed by atoms with van der Waals surface area (Å²) in [5, 5.41) is 6.58. The molecule has 2 unspecified atom stereocenters. The minimum absolute atomic E-state index is 0.126. The molecule has 3 nitrogen and oxygen atoms in total. The fraction of sp³-hybridized carbons (Fsp3) is 0.611. The maximum absolute atomic E-state index is 12.3. The van der Waals surface area contributed by atoms with Crippen LogP contribution in [0.2, 0.25) is 0 Å². The van der Waals surface area contributed by atoms with Gasteiger partial charge >= 0.3 is 0 Å². The molecule has 1 aromatic carbocycles. The molecule has 0 bridgehead atoms. The average Bonchev–Trinajstić information content (AvgIpc) is 2.48. The summed E-state index contributed by atoms with van der Waals surface area (Å²) in [5.74, 6) is 0.126. The summed E-state index contributed by atoms with van der Waals surface area (Å²) in [6, 6.07) is 8.86. The molecular formula is C18H28N2O. The molecule has 116 valence electrons. The lowest BCUT2D eigenvalue weighted by Crippen LogP contribution is -2.47. The third-order valence-electron chi connectivity index (χ3n) is 4.42. The van der Waals surface area contributed by atoms with Crippen LogP contribution in [0.1, 0.15) is 63.1 Å². The highest BCUT2D eigenvalue weighted by atomic mass is 16.2. The Morgan fingerprint density at radius 1 is 1.10 bits per heavy atom. The van der Waals surface area contributed by atoms with E-state index in [0.29, 0.717) is 6.04 Å². The van der Waals surface area contributed by atoms with Crippen molar-refractivity contribution in [3.05, 3.63) is 35.4 Å². The van der Waals surface area contributed by atoms with E-state index >= 15 is 0 Å². The van der Waals surface area contributed by atoms with Crippen LogP contribution in [0, 0.1) is 6.92 Å². The molecule has 0 spiro atoms. The van der Waals surface area contributed by atoms with E-state index in [-0.39, 0.29) is 18.0 Å². The van der Waals surface area contributed by atoms with Crippen molar-refractivity contribution in [1.82, 2.24) is 10.6 Å². The van der Waals surface area contributed by atoms with Gasteiger partial charge in [-0.1, -0.05) is 49.1 Å². The van der Waals surface area contributed by atoms with Crippen molar-refractivity contribution in [3.8, 4) is 0 Å². The van der Waals surface area contributed by atoms with Gasteiger partial charge in [-0.05, 0) is 39.2 Å². The van der Waals surface area contributed by atoms with Gasteiger partial charge in [0.15, 0.2) is 0 Å². The van der Waals surface area contributed by atoms with Gasteiger partial charge in [-0.25, -0.2) is 0 Å². The second-order valence-corrected chi connectivity index (χ2v) is 6.36. The maximum Gasteiger partial charge on any atom is 0.237 e. The number of benzene rings is 1. The van der Waals surface area contributed by atoms with Crippen molar-refractivity contribution in [2.75, 3.05) is 0 Å². The van der Waals surface area contributed by atoms with E-state index in [1.807, 2.05) is 6.92 Å². The fourth-order valence-corrected chi connectivity index (χ4v) is 2.98. The van der Waals surface area contributed by atoms with Crippen LogP contribution >= 0.6 is 0 Å². The highest BCUT2D eigenvalue weighted by molar-refractivity contribution is 5.81. The number of nitrogens with one attached hydrogen (secondary N) is 2. The number of amides is 1. The van der Waals surface area contributed by atoms with E-state index in [9.17, 15) is 4.79 Å². The molecule has 1 fully saturated rings. The molecule has 0 saturated heterocycles. The molecule has 1 aliphatic rings. The van der Waals surface area contributed by atoms with Crippen LogP contribution in [0.5, 0.6) is 0 Å². The number of aryl methyl sites for hydroxylation is 1. The lowest BCUT2D eigenvalue weighted by molar-refractivity contribution is -0.123. The molecule has 1 aliphatic carbocycles. The Balaban J connectivity index is 1.83. The molecule has 1 amide bonds. The van der Waals surface area contributed by atoms with Crippen molar-refractivity contribution in [1.29, 1.82) is 0 Å². The second kappa shape index (κ2) is 7.60. The van der Waals surface area contributed by atoms with Crippen molar-refractivity contribution >= 4 is 5.91 Å². The Morgan fingerprint density at radius 2 is 1.71 bits per heavy atom. The molecular weight excluding hydrogens is 260 g/mol. The molecule has 2 N–H and O–H groups in total. The zero-order valence-corrected chi connectivity index (χ0v) is 13.5. The minimum atomic E-state index is -0.164. The SMILES string of the molecule is Cc1ccc(C(C)NC(C)C(=O)NC2CCCCC2)cc1. The summed E-state index contributed by atoms with van der Waals surface area (Å²) in [7, 11) is 0. The Hall–Kier alpha value is -1.35. The first kappa shape index (κ1) is 16.0. The molecule has 0 aliphatic heterocycles. The van der Waals surface area contributed by atoms with Gasteiger partial charge in [0.05, 0.1) is 6.04 Å². The molecule has 1 saturated carbocycles. The monoisotopic (exact) mass is 288 g/mol. The van der Waals surface area contributed by atoms with E-state index in [4.69, 9.17) is 0 Å². The third-order valence-corrected chi connectivity index (χ3v) is 4.42. The van der Waals surface area contributed by atoms with Crippen LogP contribution in [-0.2, 0) is 4.79 Å². The van der Waals surface area contributed by atoms with Crippen molar-refractivity contribution in [3.63, 3.8) is 0 Å². The highest BCUT2D eigenvalue weighted by Crippen LogP contribution is 2.18. The summed E-state index contributed by atoms with van der Waals surface area (Å²) in [6.07, 6.45) is 6.06. The standard InChI is InChI=1S/C18H28N2O/c1-13-9-11-16(12-10-13)14(2)19-15(3)18(21)20-17-7-5-4-6-8-17/h9-12,14-15,17,19H,4-8H2,1-3H3,(H,20,21). The Labute approximate surface area is 128 Å². The van der Waals surface area contributed by atoms with Gasteiger partial charge in [0.25, 0.3) is 0 Å². The molecule has 3 heteroatoms. The smallest absolute Gasteiger partial charge is 0.237 e. The van der Waals surface area contributed by atoms with Gasteiger partial charge in [-0.3, -0.25) is 10.1 Å². The van der Waals surface area contributed by atoms with Crippen LogP contribution in [0.15, 0.2) is 24.3 Å². The maximum atomic E-state index is 12.3. The van der Waals surface area contributed by atoms with Crippen LogP contribution in [-0.4, -0.2) is 18.0 Å². The summed E-state index contributed by atoms with van der Waals surface area (Å²) < 4.78 is 0. The predicted molar refractivity (Wildman–Crippen MR) is 87.2 cm³/mol. The minimum Gasteiger partial charge on any atom is -0.352 e. The lowest BCUT2D eigenvalue weighted by Gasteiger charge is -2.26. The van der Waals surface area contributed by atoms with E-state index < -0.39 is 0 Å². The van der Waals surface area contributed by atoms with Crippen molar-refractivity contribution in [2.24, 2.45) is 0 Å². The largest absolute Gasteiger partial charge is 0.352 e. The van der Waals surface area contributed by atoms with Gasteiger partial charge < -0.3 is 5.32 Å². The Kier molecular flexibility index (Phi) is 5.80. The highest BCUT2D eigenvalue weighted by Gasteiger charge is 2.20. The molecule has 0 heterocycles. The van der Waals surface area contributed by atoms with Crippen LogP contribution in [0.3, 0.4) is 0 Å². The van der Waals surface area contributed by atoms with Crippen LogP contribution in [0.25, 0.3) is 0 Å². The third kappa shape index (κ3) is 4.85. The summed E-state index contributed by atoms with van der Waals surface area (Å²) >= 11 is 0. The van der Waals surface area contributed by atoms with Gasteiger partial charge in [-0.2, -0.15) is 0 Å².